The number of imidazole rings is 1. The molecule has 0 fully saturated rings. The van der Waals surface area contributed by atoms with Crippen molar-refractivity contribution in [3.05, 3.63) is 121 Å². The van der Waals surface area contributed by atoms with Crippen LogP contribution < -0.4 is 0 Å². The first-order valence-corrected chi connectivity index (χ1v) is 13.9. The molecule has 2 heterocycles. The second-order valence-electron chi connectivity index (χ2n) is 10.9. The molecule has 7 rings (SSSR count). The molecule has 0 atom stereocenters. The van der Waals surface area contributed by atoms with Crippen molar-refractivity contribution in [1.29, 1.82) is 0 Å². The molecule has 2 nitrogen and oxygen atoms in total. The van der Waals surface area contributed by atoms with Crippen molar-refractivity contribution < 1.29 is 0 Å². The summed E-state index contributed by atoms with van der Waals surface area (Å²) in [5.74, 6) is 0.960. The SMILES string of the molecule is CC(C)(C)c1ccc(-n2c(-c3ccc(-c4cccc5c4sc4ccccc45)cc3)nc3ccccc32)cc1. The van der Waals surface area contributed by atoms with E-state index in [1.54, 1.807) is 0 Å². The van der Waals surface area contributed by atoms with Crippen molar-refractivity contribution >= 4 is 42.5 Å². The molecule has 0 N–H and O–H groups in total. The number of benzene rings is 5. The highest BCUT2D eigenvalue weighted by atomic mass is 32.1. The fourth-order valence-corrected chi connectivity index (χ4v) is 6.60. The van der Waals surface area contributed by atoms with Crippen LogP contribution in [0.4, 0.5) is 0 Å². The average Bonchev–Trinajstić information content (AvgIpc) is 3.52. The van der Waals surface area contributed by atoms with E-state index >= 15 is 0 Å². The number of fused-ring (bicyclic) bond motifs is 4. The van der Waals surface area contributed by atoms with Gasteiger partial charge in [0.15, 0.2) is 0 Å². The van der Waals surface area contributed by atoms with Crippen LogP contribution in [0.15, 0.2) is 115 Å². The number of aromatic nitrogens is 2. The fraction of sp³-hybridized carbons (Fsp3) is 0.114. The van der Waals surface area contributed by atoms with Crippen molar-refractivity contribution in [1.82, 2.24) is 9.55 Å². The topological polar surface area (TPSA) is 17.8 Å². The normalized spacial score (nSPS) is 12.1. The first kappa shape index (κ1) is 22.9. The molecule has 7 aromatic rings. The third-order valence-electron chi connectivity index (χ3n) is 7.41. The maximum absolute atomic E-state index is 5.08. The molecule has 3 heteroatoms. The predicted molar refractivity (Wildman–Crippen MR) is 164 cm³/mol. The Labute approximate surface area is 226 Å². The number of rotatable bonds is 3. The Morgan fingerprint density at radius 2 is 1.32 bits per heavy atom. The summed E-state index contributed by atoms with van der Waals surface area (Å²) in [6.45, 7) is 6.75. The molecule has 0 aliphatic rings. The van der Waals surface area contributed by atoms with Gasteiger partial charge in [0.25, 0.3) is 0 Å². The van der Waals surface area contributed by atoms with E-state index in [0.717, 1.165) is 28.1 Å². The molecule has 2 aromatic heterocycles. The summed E-state index contributed by atoms with van der Waals surface area (Å²) >= 11 is 1.87. The Bertz CT molecular complexity index is 1930. The maximum Gasteiger partial charge on any atom is 0.145 e. The number of thiophene rings is 1. The highest BCUT2D eigenvalue weighted by Crippen LogP contribution is 2.40. The zero-order valence-corrected chi connectivity index (χ0v) is 22.6. The van der Waals surface area contributed by atoms with Crippen molar-refractivity contribution in [2.45, 2.75) is 26.2 Å². The van der Waals surface area contributed by atoms with Crippen LogP contribution in [0.5, 0.6) is 0 Å². The lowest BCUT2D eigenvalue weighted by atomic mass is 9.87. The maximum atomic E-state index is 5.08. The number of nitrogens with zero attached hydrogens (tertiary/aromatic N) is 2. The first-order valence-electron chi connectivity index (χ1n) is 13.1. The second kappa shape index (κ2) is 8.68. The van der Waals surface area contributed by atoms with Crippen LogP contribution in [0, 0.1) is 0 Å². The molecule has 0 saturated heterocycles. The molecule has 5 aromatic carbocycles. The molecule has 0 aliphatic heterocycles. The average molecular weight is 509 g/mol. The molecule has 0 saturated carbocycles. The molecule has 0 radical (unpaired) electrons. The van der Waals surface area contributed by atoms with Gasteiger partial charge in [0.05, 0.1) is 11.0 Å². The van der Waals surface area contributed by atoms with Gasteiger partial charge >= 0.3 is 0 Å². The summed E-state index contributed by atoms with van der Waals surface area (Å²) in [7, 11) is 0. The minimum atomic E-state index is 0.117. The van der Waals surface area contributed by atoms with E-state index in [9.17, 15) is 0 Å². The Hall–Kier alpha value is -4.21. The van der Waals surface area contributed by atoms with E-state index < -0.39 is 0 Å². The van der Waals surface area contributed by atoms with Gasteiger partial charge in [-0.25, -0.2) is 4.98 Å². The highest BCUT2D eigenvalue weighted by molar-refractivity contribution is 7.26. The molecular weight excluding hydrogens is 480 g/mol. The lowest BCUT2D eigenvalue weighted by Crippen LogP contribution is -2.11. The highest BCUT2D eigenvalue weighted by Gasteiger charge is 2.17. The first-order chi connectivity index (χ1) is 18.5. The summed E-state index contributed by atoms with van der Waals surface area (Å²) < 4.78 is 4.95. The second-order valence-corrected chi connectivity index (χ2v) is 12.0. The lowest BCUT2D eigenvalue weighted by Gasteiger charge is -2.19. The summed E-state index contributed by atoms with van der Waals surface area (Å²) in [4.78, 5) is 5.08. The van der Waals surface area contributed by atoms with Crippen LogP contribution in [-0.4, -0.2) is 9.55 Å². The zero-order valence-electron chi connectivity index (χ0n) is 21.8. The van der Waals surface area contributed by atoms with Gasteiger partial charge < -0.3 is 0 Å². The van der Waals surface area contributed by atoms with E-state index in [1.807, 2.05) is 11.3 Å². The van der Waals surface area contributed by atoms with Crippen LogP contribution >= 0.6 is 11.3 Å². The summed E-state index contributed by atoms with van der Waals surface area (Å²) in [5, 5.41) is 2.66. The monoisotopic (exact) mass is 508 g/mol. The molecular formula is C35H28N2S. The van der Waals surface area contributed by atoms with Crippen LogP contribution in [0.2, 0.25) is 0 Å². The van der Waals surface area contributed by atoms with Crippen LogP contribution in [0.25, 0.3) is 59.4 Å². The van der Waals surface area contributed by atoms with Gasteiger partial charge in [-0.05, 0) is 52.4 Å². The van der Waals surface area contributed by atoms with Gasteiger partial charge in [0.2, 0.25) is 0 Å². The molecule has 38 heavy (non-hydrogen) atoms. The van der Waals surface area contributed by atoms with Crippen LogP contribution in [-0.2, 0) is 5.41 Å². The smallest absolute Gasteiger partial charge is 0.145 e. The number of para-hydroxylation sites is 2. The molecule has 0 bridgehead atoms. The van der Waals surface area contributed by atoms with E-state index in [1.165, 1.54) is 36.9 Å². The molecule has 0 aliphatic carbocycles. The lowest BCUT2D eigenvalue weighted by molar-refractivity contribution is 0.590. The van der Waals surface area contributed by atoms with Gasteiger partial charge in [-0.1, -0.05) is 106 Å². The van der Waals surface area contributed by atoms with E-state index in [-0.39, 0.29) is 5.41 Å². The molecule has 184 valence electrons. The third kappa shape index (κ3) is 3.74. The van der Waals surface area contributed by atoms with Gasteiger partial charge in [0, 0.05) is 31.4 Å². The van der Waals surface area contributed by atoms with Gasteiger partial charge in [-0.15, -0.1) is 11.3 Å². The number of hydrogen-bond acceptors (Lipinski definition) is 2. The largest absolute Gasteiger partial charge is 0.292 e. The van der Waals surface area contributed by atoms with Crippen molar-refractivity contribution in [2.75, 3.05) is 0 Å². The summed E-state index contributed by atoms with van der Waals surface area (Å²) in [6, 6.07) is 41.5. The standard InChI is InChI=1S/C35H28N2S/c1-35(2,3)25-19-21-26(22-20-25)37-31-13-6-5-12-30(31)36-34(37)24-17-15-23(16-18-24)27-10-8-11-29-28-9-4-7-14-32(28)38-33(27)29/h4-22H,1-3H3. The zero-order chi connectivity index (χ0) is 25.9. The van der Waals surface area contributed by atoms with Crippen LogP contribution in [0.3, 0.4) is 0 Å². The number of hydrogen-bond donors (Lipinski definition) is 0. The van der Waals surface area contributed by atoms with Gasteiger partial charge in [0.1, 0.15) is 5.82 Å². The minimum Gasteiger partial charge on any atom is -0.292 e. The quantitative estimate of drug-likeness (QED) is 0.232. The van der Waals surface area contributed by atoms with Crippen molar-refractivity contribution in [3.8, 4) is 28.2 Å². The van der Waals surface area contributed by atoms with E-state index in [0.29, 0.717) is 0 Å². The van der Waals surface area contributed by atoms with Gasteiger partial charge in [-0.3, -0.25) is 4.57 Å². The molecule has 0 unspecified atom stereocenters. The Kier molecular flexibility index (Phi) is 5.24. The Balaban J connectivity index is 1.34. The fourth-order valence-electron chi connectivity index (χ4n) is 5.36. The van der Waals surface area contributed by atoms with Gasteiger partial charge in [-0.2, -0.15) is 0 Å². The minimum absolute atomic E-state index is 0.117. The summed E-state index contributed by atoms with van der Waals surface area (Å²) in [6.07, 6.45) is 0. The molecule has 0 spiro atoms. The predicted octanol–water partition coefficient (Wildman–Crippen LogP) is 10.0. The van der Waals surface area contributed by atoms with Crippen molar-refractivity contribution in [2.24, 2.45) is 0 Å². The Morgan fingerprint density at radius 3 is 2.11 bits per heavy atom. The van der Waals surface area contributed by atoms with Crippen molar-refractivity contribution in [3.63, 3.8) is 0 Å². The van der Waals surface area contributed by atoms with E-state index in [2.05, 4.69) is 141 Å². The van der Waals surface area contributed by atoms with E-state index in [4.69, 9.17) is 4.98 Å². The van der Waals surface area contributed by atoms with Crippen LogP contribution in [0.1, 0.15) is 26.3 Å². The summed E-state index contributed by atoms with van der Waals surface area (Å²) in [5.41, 5.74) is 8.29. The Morgan fingerprint density at radius 1 is 0.632 bits per heavy atom. The third-order valence-corrected chi connectivity index (χ3v) is 8.63. The molecule has 0 amide bonds.